The molecule has 0 aromatic rings. The third-order valence-electron chi connectivity index (χ3n) is 3.84. The van der Waals surface area contributed by atoms with E-state index in [1.807, 2.05) is 11.9 Å². The van der Waals surface area contributed by atoms with Crippen LogP contribution in [-0.2, 0) is 9.59 Å². The average Bonchev–Trinajstić information content (AvgIpc) is 2.37. The molecule has 0 radical (unpaired) electrons. The molecule has 1 saturated carbocycles. The third-order valence-corrected chi connectivity index (χ3v) is 3.84. The smallest absolute Gasteiger partial charge is 0.243 e. The maximum Gasteiger partial charge on any atom is 0.243 e. The molecule has 0 atom stereocenters. The summed E-state index contributed by atoms with van der Waals surface area (Å²) >= 11 is 0. The summed E-state index contributed by atoms with van der Waals surface area (Å²) in [6.45, 7) is 3.77. The van der Waals surface area contributed by atoms with Crippen molar-refractivity contribution < 1.29 is 9.59 Å². The molecule has 19 heavy (non-hydrogen) atoms. The fraction of sp³-hybridized carbons (Fsp3) is 0.733. The van der Waals surface area contributed by atoms with Crippen LogP contribution in [0, 0.1) is 0 Å². The lowest BCUT2D eigenvalue weighted by molar-refractivity contribution is -0.132. The van der Waals surface area contributed by atoms with Crippen LogP contribution in [0.15, 0.2) is 12.7 Å². The minimum Gasteiger partial charge on any atom is -0.352 e. The Bertz CT molecular complexity index is 307. The van der Waals surface area contributed by atoms with E-state index in [-0.39, 0.29) is 11.8 Å². The Hall–Kier alpha value is -1.32. The topological polar surface area (TPSA) is 49.4 Å². The van der Waals surface area contributed by atoms with Crippen molar-refractivity contribution >= 4 is 11.8 Å². The largest absolute Gasteiger partial charge is 0.352 e. The van der Waals surface area contributed by atoms with Crippen LogP contribution in [0.1, 0.15) is 51.4 Å². The van der Waals surface area contributed by atoms with Gasteiger partial charge < -0.3 is 10.2 Å². The van der Waals surface area contributed by atoms with Crippen molar-refractivity contribution in [3.63, 3.8) is 0 Å². The van der Waals surface area contributed by atoms with Crippen molar-refractivity contribution in [3.8, 4) is 0 Å². The number of hydrogen-bond donors (Lipinski definition) is 1. The van der Waals surface area contributed by atoms with Crippen molar-refractivity contribution in [1.82, 2.24) is 10.2 Å². The zero-order chi connectivity index (χ0) is 14.1. The van der Waals surface area contributed by atoms with E-state index in [1.165, 1.54) is 38.2 Å². The molecule has 1 fully saturated rings. The Kier molecular flexibility index (Phi) is 7.23. The monoisotopic (exact) mass is 266 g/mol. The third kappa shape index (κ3) is 5.90. The zero-order valence-corrected chi connectivity index (χ0v) is 12.0. The fourth-order valence-corrected chi connectivity index (χ4v) is 2.57. The lowest BCUT2D eigenvalue weighted by Gasteiger charge is -2.30. The lowest BCUT2D eigenvalue weighted by atomic mass is 9.95. The van der Waals surface area contributed by atoms with Gasteiger partial charge in [-0.1, -0.05) is 38.7 Å². The minimum atomic E-state index is -0.221. The molecule has 0 unspecified atom stereocenters. The van der Waals surface area contributed by atoms with Crippen molar-refractivity contribution in [1.29, 1.82) is 0 Å². The van der Waals surface area contributed by atoms with Crippen LogP contribution in [0.2, 0.25) is 0 Å². The maximum absolute atomic E-state index is 12.1. The Morgan fingerprint density at radius 3 is 2.37 bits per heavy atom. The van der Waals surface area contributed by atoms with Gasteiger partial charge in [-0.05, 0) is 18.9 Å². The fourth-order valence-electron chi connectivity index (χ4n) is 2.57. The van der Waals surface area contributed by atoms with E-state index in [2.05, 4.69) is 11.9 Å². The molecule has 0 bridgehead atoms. The van der Waals surface area contributed by atoms with E-state index in [0.29, 0.717) is 19.0 Å². The van der Waals surface area contributed by atoms with Crippen molar-refractivity contribution in [2.45, 2.75) is 57.4 Å². The van der Waals surface area contributed by atoms with Gasteiger partial charge in [0.2, 0.25) is 11.8 Å². The Labute approximate surface area is 116 Å². The van der Waals surface area contributed by atoms with Gasteiger partial charge >= 0.3 is 0 Å². The SMILES string of the molecule is C=CC(=O)NCCC(=O)N(C)C1CCCCCCC1. The van der Waals surface area contributed by atoms with Gasteiger partial charge in [-0.15, -0.1) is 0 Å². The normalized spacial score (nSPS) is 17.1. The molecule has 0 aromatic carbocycles. The highest BCUT2D eigenvalue weighted by Crippen LogP contribution is 2.20. The molecular formula is C15H26N2O2. The summed E-state index contributed by atoms with van der Waals surface area (Å²) in [5, 5.41) is 2.64. The molecule has 0 aromatic heterocycles. The molecule has 1 aliphatic carbocycles. The molecule has 1 aliphatic rings. The van der Waals surface area contributed by atoms with Crippen molar-refractivity contribution in [2.24, 2.45) is 0 Å². The molecule has 0 heterocycles. The summed E-state index contributed by atoms with van der Waals surface area (Å²) in [6.07, 6.45) is 10.2. The van der Waals surface area contributed by atoms with Gasteiger partial charge in [0, 0.05) is 26.1 Å². The van der Waals surface area contributed by atoms with E-state index < -0.39 is 0 Å². The van der Waals surface area contributed by atoms with E-state index in [9.17, 15) is 9.59 Å². The van der Waals surface area contributed by atoms with Crippen LogP contribution >= 0.6 is 0 Å². The first-order valence-electron chi connectivity index (χ1n) is 7.31. The molecule has 1 rings (SSSR count). The highest BCUT2D eigenvalue weighted by atomic mass is 16.2. The van der Waals surface area contributed by atoms with Gasteiger partial charge in [0.25, 0.3) is 0 Å². The Morgan fingerprint density at radius 2 is 1.79 bits per heavy atom. The molecular weight excluding hydrogens is 240 g/mol. The van der Waals surface area contributed by atoms with Gasteiger partial charge in [-0.2, -0.15) is 0 Å². The van der Waals surface area contributed by atoms with Crippen LogP contribution in [0.3, 0.4) is 0 Å². The standard InChI is InChI=1S/C15H26N2O2/c1-3-14(18)16-12-11-15(19)17(2)13-9-7-5-4-6-8-10-13/h3,13H,1,4-12H2,2H3,(H,16,18). The molecule has 0 spiro atoms. The molecule has 4 nitrogen and oxygen atoms in total. The summed E-state index contributed by atoms with van der Waals surface area (Å²) in [4.78, 5) is 24.9. The first-order chi connectivity index (χ1) is 9.15. The molecule has 0 saturated heterocycles. The highest BCUT2D eigenvalue weighted by Gasteiger charge is 2.20. The lowest BCUT2D eigenvalue weighted by Crippen LogP contribution is -2.39. The van der Waals surface area contributed by atoms with Gasteiger partial charge in [0.15, 0.2) is 0 Å². The second-order valence-electron chi connectivity index (χ2n) is 5.25. The predicted molar refractivity (Wildman–Crippen MR) is 76.7 cm³/mol. The summed E-state index contributed by atoms with van der Waals surface area (Å²) < 4.78 is 0. The van der Waals surface area contributed by atoms with Gasteiger partial charge in [-0.25, -0.2) is 0 Å². The van der Waals surface area contributed by atoms with Crippen LogP contribution < -0.4 is 5.32 Å². The zero-order valence-electron chi connectivity index (χ0n) is 12.0. The first kappa shape index (κ1) is 15.7. The second kappa shape index (κ2) is 8.73. The van der Waals surface area contributed by atoms with Gasteiger partial charge in [0.05, 0.1) is 0 Å². The van der Waals surface area contributed by atoms with Crippen LogP contribution in [-0.4, -0.2) is 36.3 Å². The van der Waals surface area contributed by atoms with Crippen LogP contribution in [0.4, 0.5) is 0 Å². The highest BCUT2D eigenvalue weighted by molar-refractivity contribution is 5.87. The number of carbonyl (C=O) groups is 2. The number of amides is 2. The van der Waals surface area contributed by atoms with E-state index in [4.69, 9.17) is 0 Å². The van der Waals surface area contributed by atoms with Gasteiger partial charge in [-0.3, -0.25) is 9.59 Å². The molecule has 0 aliphatic heterocycles. The number of hydrogen-bond acceptors (Lipinski definition) is 2. The van der Waals surface area contributed by atoms with E-state index >= 15 is 0 Å². The Balaban J connectivity index is 2.32. The quantitative estimate of drug-likeness (QED) is 0.776. The number of nitrogens with zero attached hydrogens (tertiary/aromatic N) is 1. The van der Waals surface area contributed by atoms with Crippen molar-refractivity contribution in [2.75, 3.05) is 13.6 Å². The van der Waals surface area contributed by atoms with Gasteiger partial charge in [0.1, 0.15) is 0 Å². The van der Waals surface area contributed by atoms with Crippen LogP contribution in [0.25, 0.3) is 0 Å². The molecule has 108 valence electrons. The van der Waals surface area contributed by atoms with Crippen molar-refractivity contribution in [3.05, 3.63) is 12.7 Å². The number of carbonyl (C=O) groups excluding carboxylic acids is 2. The van der Waals surface area contributed by atoms with E-state index in [1.54, 1.807) is 0 Å². The predicted octanol–water partition coefficient (Wildman–Crippen LogP) is 2.25. The molecule has 4 heteroatoms. The minimum absolute atomic E-state index is 0.120. The van der Waals surface area contributed by atoms with Crippen LogP contribution in [0.5, 0.6) is 0 Å². The average molecular weight is 266 g/mol. The first-order valence-corrected chi connectivity index (χ1v) is 7.31. The molecule has 2 amide bonds. The number of nitrogens with one attached hydrogen (secondary N) is 1. The summed E-state index contributed by atoms with van der Waals surface area (Å²) in [6, 6.07) is 0.378. The Morgan fingerprint density at radius 1 is 1.21 bits per heavy atom. The molecule has 1 N–H and O–H groups in total. The maximum atomic E-state index is 12.1. The summed E-state index contributed by atoms with van der Waals surface area (Å²) in [5.41, 5.74) is 0. The summed E-state index contributed by atoms with van der Waals surface area (Å²) in [5.74, 6) is -0.101. The summed E-state index contributed by atoms with van der Waals surface area (Å²) in [7, 11) is 1.89. The second-order valence-corrected chi connectivity index (χ2v) is 5.25. The number of rotatable bonds is 5. The van der Waals surface area contributed by atoms with E-state index in [0.717, 1.165) is 12.8 Å².